The monoisotopic (exact) mass is 396 g/mol. The minimum absolute atomic E-state index is 0.134. The molecule has 0 unspecified atom stereocenters. The third-order valence-electron chi connectivity index (χ3n) is 5.68. The molecule has 3 rings (SSSR count). The first-order chi connectivity index (χ1) is 14.2. The molecule has 0 atom stereocenters. The molecule has 2 heterocycles. The highest BCUT2D eigenvalue weighted by molar-refractivity contribution is 5.79. The molecule has 1 aromatic heterocycles. The van der Waals surface area contributed by atoms with Gasteiger partial charge >= 0.3 is 0 Å². The quantitative estimate of drug-likeness (QED) is 0.675. The Kier molecular flexibility index (Phi) is 7.44. The molecule has 1 saturated heterocycles. The van der Waals surface area contributed by atoms with Crippen LogP contribution in [0.25, 0.3) is 11.3 Å². The molecule has 156 valence electrons. The van der Waals surface area contributed by atoms with Crippen LogP contribution >= 0.6 is 0 Å². The van der Waals surface area contributed by atoms with E-state index >= 15 is 0 Å². The number of anilines is 1. The van der Waals surface area contributed by atoms with E-state index in [0.29, 0.717) is 5.91 Å². The van der Waals surface area contributed by atoms with Gasteiger partial charge in [0.05, 0.1) is 12.8 Å². The van der Waals surface area contributed by atoms with Gasteiger partial charge in [-0.3, -0.25) is 4.79 Å². The number of nitrogens with zero attached hydrogens (tertiary/aromatic N) is 4. The zero-order valence-corrected chi connectivity index (χ0v) is 17.8. The number of rotatable bonds is 8. The van der Waals surface area contributed by atoms with Crippen molar-refractivity contribution in [2.45, 2.75) is 39.5 Å². The van der Waals surface area contributed by atoms with Gasteiger partial charge in [-0.1, -0.05) is 13.3 Å². The number of hydrogen-bond donors (Lipinski definition) is 0. The van der Waals surface area contributed by atoms with Crippen LogP contribution in [0.2, 0.25) is 0 Å². The van der Waals surface area contributed by atoms with E-state index in [9.17, 15) is 4.79 Å². The normalized spacial score (nSPS) is 14.7. The number of hydrogen-bond acceptors (Lipinski definition) is 5. The SMILES string of the molecule is CCCCN(CC)C(=O)C1CCN(c2ccc(-c3ccc(OC)cc3)nn2)CC1. The molecule has 1 aliphatic heterocycles. The lowest BCUT2D eigenvalue weighted by molar-refractivity contribution is -0.136. The number of piperidine rings is 1. The standard InChI is InChI=1S/C23H32N4O2/c1-4-6-15-26(5-2)23(28)19-13-16-27(17-14-19)22-12-11-21(24-25-22)18-7-9-20(29-3)10-8-18/h7-12,19H,4-6,13-17H2,1-3H3. The summed E-state index contributed by atoms with van der Waals surface area (Å²) in [6.45, 7) is 7.61. The summed E-state index contributed by atoms with van der Waals surface area (Å²) in [7, 11) is 1.66. The third kappa shape index (κ3) is 5.25. The number of aromatic nitrogens is 2. The molecule has 0 aliphatic carbocycles. The van der Waals surface area contributed by atoms with Crippen LogP contribution in [0.4, 0.5) is 5.82 Å². The van der Waals surface area contributed by atoms with E-state index in [-0.39, 0.29) is 5.92 Å². The van der Waals surface area contributed by atoms with E-state index in [4.69, 9.17) is 4.74 Å². The summed E-state index contributed by atoms with van der Waals surface area (Å²) < 4.78 is 5.20. The summed E-state index contributed by atoms with van der Waals surface area (Å²) in [5, 5.41) is 8.83. The van der Waals surface area contributed by atoms with Crippen molar-refractivity contribution in [2.24, 2.45) is 5.92 Å². The smallest absolute Gasteiger partial charge is 0.225 e. The van der Waals surface area contributed by atoms with Crippen molar-refractivity contribution in [1.29, 1.82) is 0 Å². The van der Waals surface area contributed by atoms with Crippen molar-refractivity contribution in [3.05, 3.63) is 36.4 Å². The van der Waals surface area contributed by atoms with Crippen molar-refractivity contribution in [3.8, 4) is 17.0 Å². The third-order valence-corrected chi connectivity index (χ3v) is 5.68. The van der Waals surface area contributed by atoms with Crippen LogP contribution in [0.1, 0.15) is 39.5 Å². The number of amides is 1. The van der Waals surface area contributed by atoms with Crippen molar-refractivity contribution >= 4 is 11.7 Å². The zero-order chi connectivity index (χ0) is 20.6. The molecule has 1 fully saturated rings. The lowest BCUT2D eigenvalue weighted by Gasteiger charge is -2.34. The first-order valence-electron chi connectivity index (χ1n) is 10.7. The Labute approximate surface area is 173 Å². The maximum Gasteiger partial charge on any atom is 0.225 e. The van der Waals surface area contributed by atoms with Gasteiger partial charge in [0.15, 0.2) is 5.82 Å². The number of methoxy groups -OCH3 is 1. The second kappa shape index (κ2) is 10.2. The average molecular weight is 397 g/mol. The van der Waals surface area contributed by atoms with Gasteiger partial charge in [-0.05, 0) is 62.6 Å². The second-order valence-electron chi connectivity index (χ2n) is 7.54. The van der Waals surface area contributed by atoms with E-state index < -0.39 is 0 Å². The molecular formula is C23H32N4O2. The predicted octanol–water partition coefficient (Wildman–Crippen LogP) is 4.02. The van der Waals surface area contributed by atoms with Gasteiger partial charge in [0.25, 0.3) is 0 Å². The van der Waals surface area contributed by atoms with Gasteiger partial charge in [0.2, 0.25) is 5.91 Å². The molecule has 1 amide bonds. The van der Waals surface area contributed by atoms with E-state index in [2.05, 4.69) is 28.9 Å². The number of benzene rings is 1. The molecule has 2 aromatic rings. The van der Waals surface area contributed by atoms with E-state index in [1.807, 2.05) is 41.3 Å². The maximum absolute atomic E-state index is 12.8. The molecule has 0 radical (unpaired) electrons. The van der Waals surface area contributed by atoms with Crippen molar-refractivity contribution in [3.63, 3.8) is 0 Å². The van der Waals surface area contributed by atoms with Crippen molar-refractivity contribution in [1.82, 2.24) is 15.1 Å². The van der Waals surface area contributed by atoms with Gasteiger partial charge in [-0.25, -0.2) is 0 Å². The topological polar surface area (TPSA) is 58.6 Å². The zero-order valence-electron chi connectivity index (χ0n) is 17.8. The first kappa shape index (κ1) is 21.1. The summed E-state index contributed by atoms with van der Waals surface area (Å²) in [6, 6.07) is 11.8. The molecule has 0 spiro atoms. The minimum Gasteiger partial charge on any atom is -0.497 e. The van der Waals surface area contributed by atoms with Gasteiger partial charge in [-0.15, -0.1) is 10.2 Å². The number of carbonyl (C=O) groups is 1. The highest BCUT2D eigenvalue weighted by Crippen LogP contribution is 2.25. The fraction of sp³-hybridized carbons (Fsp3) is 0.522. The highest BCUT2D eigenvalue weighted by Gasteiger charge is 2.28. The van der Waals surface area contributed by atoms with Gasteiger partial charge < -0.3 is 14.5 Å². The predicted molar refractivity (Wildman–Crippen MR) is 116 cm³/mol. The molecule has 6 nitrogen and oxygen atoms in total. The maximum atomic E-state index is 12.8. The Morgan fingerprint density at radius 1 is 1.10 bits per heavy atom. The van der Waals surface area contributed by atoms with Crippen LogP contribution in [0, 0.1) is 5.92 Å². The van der Waals surface area contributed by atoms with Crippen LogP contribution in [-0.4, -0.2) is 54.3 Å². The van der Waals surface area contributed by atoms with Crippen LogP contribution < -0.4 is 9.64 Å². The summed E-state index contributed by atoms with van der Waals surface area (Å²) in [5.41, 5.74) is 1.86. The van der Waals surface area contributed by atoms with Gasteiger partial charge in [-0.2, -0.15) is 0 Å². The van der Waals surface area contributed by atoms with Crippen LogP contribution in [0.5, 0.6) is 5.75 Å². The molecule has 29 heavy (non-hydrogen) atoms. The minimum atomic E-state index is 0.134. The first-order valence-corrected chi connectivity index (χ1v) is 10.7. The van der Waals surface area contributed by atoms with E-state index in [1.165, 1.54) is 0 Å². The largest absolute Gasteiger partial charge is 0.497 e. The molecular weight excluding hydrogens is 364 g/mol. The molecule has 0 bridgehead atoms. The fourth-order valence-corrected chi connectivity index (χ4v) is 3.80. The molecule has 0 N–H and O–H groups in total. The lowest BCUT2D eigenvalue weighted by atomic mass is 9.95. The lowest BCUT2D eigenvalue weighted by Crippen LogP contribution is -2.43. The molecule has 1 aromatic carbocycles. The Balaban J connectivity index is 1.57. The average Bonchev–Trinajstić information content (AvgIpc) is 2.80. The Hall–Kier alpha value is -2.63. The summed E-state index contributed by atoms with van der Waals surface area (Å²) >= 11 is 0. The van der Waals surface area contributed by atoms with E-state index in [0.717, 1.165) is 74.7 Å². The number of unbranched alkanes of at least 4 members (excludes halogenated alkanes) is 1. The summed E-state index contributed by atoms with van der Waals surface area (Å²) in [5.74, 6) is 2.16. The summed E-state index contributed by atoms with van der Waals surface area (Å²) in [4.78, 5) is 17.1. The van der Waals surface area contributed by atoms with Gasteiger partial charge in [0.1, 0.15) is 5.75 Å². The summed E-state index contributed by atoms with van der Waals surface area (Å²) in [6.07, 6.45) is 3.95. The number of ether oxygens (including phenoxy) is 1. The Morgan fingerprint density at radius 3 is 2.38 bits per heavy atom. The number of carbonyl (C=O) groups excluding carboxylic acids is 1. The molecule has 6 heteroatoms. The highest BCUT2D eigenvalue weighted by atomic mass is 16.5. The molecule has 0 saturated carbocycles. The van der Waals surface area contributed by atoms with Gasteiger partial charge in [0, 0.05) is 37.7 Å². The van der Waals surface area contributed by atoms with Crippen LogP contribution in [0.3, 0.4) is 0 Å². The molecule has 1 aliphatic rings. The fourth-order valence-electron chi connectivity index (χ4n) is 3.80. The van der Waals surface area contributed by atoms with E-state index in [1.54, 1.807) is 7.11 Å². The van der Waals surface area contributed by atoms with Crippen LogP contribution in [0.15, 0.2) is 36.4 Å². The second-order valence-corrected chi connectivity index (χ2v) is 7.54. The van der Waals surface area contributed by atoms with Crippen molar-refractivity contribution in [2.75, 3.05) is 38.2 Å². The Morgan fingerprint density at radius 2 is 1.83 bits per heavy atom. The van der Waals surface area contributed by atoms with Crippen LogP contribution in [-0.2, 0) is 4.79 Å². The Bertz CT molecular complexity index is 768. The van der Waals surface area contributed by atoms with Crippen molar-refractivity contribution < 1.29 is 9.53 Å².